The fraction of sp³-hybridized carbons (Fsp3) is 0.500. The molecular formula is C14H20N2O2. The van der Waals surface area contributed by atoms with Crippen LogP contribution >= 0.6 is 0 Å². The van der Waals surface area contributed by atoms with Crippen molar-refractivity contribution in [3.8, 4) is 0 Å². The minimum atomic E-state index is -0.559. The zero-order valence-electron chi connectivity index (χ0n) is 10.4. The maximum atomic E-state index is 12.0. The fourth-order valence-electron chi connectivity index (χ4n) is 2.24. The number of aliphatic hydroxyl groups is 1. The quantitative estimate of drug-likeness (QED) is 0.714. The third-order valence-corrected chi connectivity index (χ3v) is 3.64. The van der Waals surface area contributed by atoms with E-state index in [0.29, 0.717) is 6.42 Å². The molecular weight excluding hydrogens is 228 g/mol. The Bertz CT molecular complexity index is 396. The number of amides is 1. The van der Waals surface area contributed by atoms with E-state index >= 15 is 0 Å². The van der Waals surface area contributed by atoms with Gasteiger partial charge in [-0.2, -0.15) is 0 Å². The summed E-state index contributed by atoms with van der Waals surface area (Å²) in [6, 6.07) is 9.15. The zero-order chi connectivity index (χ0) is 13.0. The molecule has 1 amide bonds. The van der Waals surface area contributed by atoms with Gasteiger partial charge in [-0.05, 0) is 31.2 Å². The van der Waals surface area contributed by atoms with Crippen molar-refractivity contribution in [1.29, 1.82) is 0 Å². The van der Waals surface area contributed by atoms with Gasteiger partial charge < -0.3 is 16.2 Å². The first-order chi connectivity index (χ1) is 8.65. The van der Waals surface area contributed by atoms with Gasteiger partial charge in [-0.1, -0.05) is 30.3 Å². The Balaban J connectivity index is 1.89. The molecule has 4 heteroatoms. The number of hydrogen-bond donors (Lipinski definition) is 3. The molecule has 4 N–H and O–H groups in total. The molecule has 1 unspecified atom stereocenters. The normalized spacial score (nSPS) is 18.8. The minimum absolute atomic E-state index is 0.00318. The Labute approximate surface area is 107 Å². The molecule has 1 aromatic carbocycles. The molecule has 0 bridgehead atoms. The Morgan fingerprint density at radius 2 is 2.06 bits per heavy atom. The van der Waals surface area contributed by atoms with Gasteiger partial charge in [0.2, 0.25) is 5.91 Å². The van der Waals surface area contributed by atoms with Gasteiger partial charge in [0, 0.05) is 0 Å². The third kappa shape index (κ3) is 2.89. The number of aliphatic hydroxyl groups excluding tert-OH is 1. The van der Waals surface area contributed by atoms with Gasteiger partial charge in [-0.3, -0.25) is 4.79 Å². The van der Waals surface area contributed by atoms with Gasteiger partial charge in [0.1, 0.15) is 0 Å². The van der Waals surface area contributed by atoms with E-state index in [-0.39, 0.29) is 12.5 Å². The van der Waals surface area contributed by atoms with Gasteiger partial charge in [-0.15, -0.1) is 0 Å². The summed E-state index contributed by atoms with van der Waals surface area (Å²) in [6.07, 6.45) is 3.25. The zero-order valence-corrected chi connectivity index (χ0v) is 10.4. The lowest BCUT2D eigenvalue weighted by Crippen LogP contribution is -2.59. The largest absolute Gasteiger partial charge is 0.394 e. The van der Waals surface area contributed by atoms with Crippen molar-refractivity contribution < 1.29 is 9.90 Å². The molecule has 0 aliphatic heterocycles. The summed E-state index contributed by atoms with van der Waals surface area (Å²) in [7, 11) is 0. The molecule has 98 valence electrons. The molecule has 1 saturated carbocycles. The first kappa shape index (κ1) is 13.1. The van der Waals surface area contributed by atoms with E-state index < -0.39 is 11.6 Å². The summed E-state index contributed by atoms with van der Waals surface area (Å²) in [5, 5.41) is 12.2. The summed E-state index contributed by atoms with van der Waals surface area (Å²) in [5.41, 5.74) is 6.53. The average molecular weight is 248 g/mol. The monoisotopic (exact) mass is 248 g/mol. The molecule has 1 fully saturated rings. The van der Waals surface area contributed by atoms with E-state index in [2.05, 4.69) is 5.32 Å². The van der Waals surface area contributed by atoms with Crippen LogP contribution in [0.4, 0.5) is 0 Å². The van der Waals surface area contributed by atoms with E-state index in [0.717, 1.165) is 24.8 Å². The number of benzene rings is 1. The van der Waals surface area contributed by atoms with Crippen molar-refractivity contribution in [2.45, 2.75) is 37.3 Å². The van der Waals surface area contributed by atoms with Gasteiger partial charge in [0.05, 0.1) is 18.2 Å². The van der Waals surface area contributed by atoms with E-state index in [4.69, 9.17) is 5.73 Å². The van der Waals surface area contributed by atoms with Crippen LogP contribution in [-0.4, -0.2) is 29.2 Å². The van der Waals surface area contributed by atoms with Gasteiger partial charge in [0.15, 0.2) is 0 Å². The Hall–Kier alpha value is -1.39. The van der Waals surface area contributed by atoms with E-state index in [1.165, 1.54) is 0 Å². The van der Waals surface area contributed by atoms with Crippen molar-refractivity contribution in [3.63, 3.8) is 0 Å². The summed E-state index contributed by atoms with van der Waals surface area (Å²) in [6.45, 7) is -0.00318. The lowest BCUT2D eigenvalue weighted by molar-refractivity contribution is -0.126. The number of nitrogens with one attached hydrogen (secondary N) is 1. The van der Waals surface area contributed by atoms with Crippen LogP contribution in [0, 0.1) is 0 Å². The minimum Gasteiger partial charge on any atom is -0.394 e. The Morgan fingerprint density at radius 3 is 2.56 bits per heavy atom. The lowest BCUT2D eigenvalue weighted by atomic mass is 9.77. The molecule has 2 rings (SSSR count). The molecule has 1 aliphatic carbocycles. The number of carbonyl (C=O) groups excluding carboxylic acids is 1. The first-order valence-corrected chi connectivity index (χ1v) is 6.38. The van der Waals surface area contributed by atoms with Crippen LogP contribution in [0.25, 0.3) is 0 Å². The maximum absolute atomic E-state index is 12.0. The van der Waals surface area contributed by atoms with Gasteiger partial charge in [-0.25, -0.2) is 0 Å². The summed E-state index contributed by atoms with van der Waals surface area (Å²) < 4.78 is 0. The van der Waals surface area contributed by atoms with Gasteiger partial charge in [0.25, 0.3) is 0 Å². The SMILES string of the molecule is NC(Cc1ccccc1)C(=O)NC1(CO)CCC1. The molecule has 0 heterocycles. The molecule has 1 aromatic rings. The fourth-order valence-corrected chi connectivity index (χ4v) is 2.24. The Kier molecular flexibility index (Phi) is 3.99. The molecule has 1 aliphatic rings. The van der Waals surface area contributed by atoms with Crippen LogP contribution < -0.4 is 11.1 Å². The molecule has 0 spiro atoms. The third-order valence-electron chi connectivity index (χ3n) is 3.64. The van der Waals surface area contributed by atoms with Crippen molar-refractivity contribution in [2.24, 2.45) is 5.73 Å². The second-order valence-corrected chi connectivity index (χ2v) is 5.08. The Morgan fingerprint density at radius 1 is 1.39 bits per heavy atom. The van der Waals surface area contributed by atoms with E-state index in [1.54, 1.807) is 0 Å². The highest BCUT2D eigenvalue weighted by Crippen LogP contribution is 2.31. The van der Waals surface area contributed by atoms with Crippen LogP contribution in [0.3, 0.4) is 0 Å². The summed E-state index contributed by atoms with van der Waals surface area (Å²) in [4.78, 5) is 12.0. The van der Waals surface area contributed by atoms with Crippen LogP contribution in [0.2, 0.25) is 0 Å². The second kappa shape index (κ2) is 5.50. The molecule has 0 aromatic heterocycles. The number of nitrogens with two attached hydrogens (primary N) is 1. The average Bonchev–Trinajstić information content (AvgIpc) is 2.34. The molecule has 1 atom stereocenters. The predicted octanol–water partition coefficient (Wildman–Crippen LogP) is 0.588. The molecule has 0 saturated heterocycles. The first-order valence-electron chi connectivity index (χ1n) is 6.38. The summed E-state index contributed by atoms with van der Waals surface area (Å²) in [5.74, 6) is -0.174. The smallest absolute Gasteiger partial charge is 0.237 e. The van der Waals surface area contributed by atoms with Crippen LogP contribution in [0.15, 0.2) is 30.3 Å². The topological polar surface area (TPSA) is 75.4 Å². The van der Waals surface area contributed by atoms with Crippen molar-refractivity contribution in [1.82, 2.24) is 5.32 Å². The van der Waals surface area contributed by atoms with E-state index in [9.17, 15) is 9.90 Å². The number of rotatable bonds is 5. The summed E-state index contributed by atoms with van der Waals surface area (Å²) >= 11 is 0. The molecule has 0 radical (unpaired) electrons. The van der Waals surface area contributed by atoms with Crippen molar-refractivity contribution in [3.05, 3.63) is 35.9 Å². The molecule has 18 heavy (non-hydrogen) atoms. The highest BCUT2D eigenvalue weighted by Gasteiger charge is 2.38. The maximum Gasteiger partial charge on any atom is 0.237 e. The van der Waals surface area contributed by atoms with Crippen LogP contribution in [-0.2, 0) is 11.2 Å². The second-order valence-electron chi connectivity index (χ2n) is 5.08. The number of carbonyl (C=O) groups is 1. The molecule has 4 nitrogen and oxygen atoms in total. The van der Waals surface area contributed by atoms with Crippen molar-refractivity contribution >= 4 is 5.91 Å². The van der Waals surface area contributed by atoms with Crippen molar-refractivity contribution in [2.75, 3.05) is 6.61 Å². The van der Waals surface area contributed by atoms with Gasteiger partial charge >= 0.3 is 0 Å². The van der Waals surface area contributed by atoms with Crippen LogP contribution in [0.5, 0.6) is 0 Å². The highest BCUT2D eigenvalue weighted by atomic mass is 16.3. The highest BCUT2D eigenvalue weighted by molar-refractivity contribution is 5.82. The predicted molar refractivity (Wildman–Crippen MR) is 69.9 cm³/mol. The van der Waals surface area contributed by atoms with Crippen LogP contribution in [0.1, 0.15) is 24.8 Å². The standard InChI is InChI=1S/C14H20N2O2/c15-12(9-11-5-2-1-3-6-11)13(18)16-14(10-17)7-4-8-14/h1-3,5-6,12,17H,4,7-10,15H2,(H,16,18). The lowest BCUT2D eigenvalue weighted by Gasteiger charge is -2.41. The number of hydrogen-bond acceptors (Lipinski definition) is 3. The van der Waals surface area contributed by atoms with E-state index in [1.807, 2.05) is 30.3 Å².